The van der Waals surface area contributed by atoms with Crippen LogP contribution in [0.25, 0.3) is 0 Å². The van der Waals surface area contributed by atoms with Crippen LogP contribution >= 0.6 is 0 Å². The predicted octanol–water partition coefficient (Wildman–Crippen LogP) is -0.0600. The molecule has 1 aliphatic heterocycles. The Morgan fingerprint density at radius 2 is 1.86 bits per heavy atom. The van der Waals surface area contributed by atoms with Gasteiger partial charge in [0.2, 0.25) is 5.91 Å². The number of hydrogen-bond donors (Lipinski definition) is 2. The van der Waals surface area contributed by atoms with E-state index in [1.165, 1.54) is 0 Å². The number of ether oxygens (including phenoxy) is 1. The number of H-pyrrole nitrogens is 2. The maximum atomic E-state index is 12.2. The van der Waals surface area contributed by atoms with Crippen molar-refractivity contribution >= 4 is 5.91 Å². The number of amides is 1. The summed E-state index contributed by atoms with van der Waals surface area (Å²) in [4.78, 5) is 41.6. The Kier molecular flexibility index (Phi) is 4.62. The van der Waals surface area contributed by atoms with E-state index >= 15 is 0 Å². The number of aryl methyl sites for hydroxylation is 1. The first-order valence-corrected chi connectivity index (χ1v) is 7.12. The third-order valence-electron chi connectivity index (χ3n) is 3.62. The zero-order chi connectivity index (χ0) is 15.6. The van der Waals surface area contributed by atoms with Crippen LogP contribution in [0.5, 0.6) is 0 Å². The van der Waals surface area contributed by atoms with E-state index in [0.29, 0.717) is 30.8 Å². The third-order valence-corrected chi connectivity index (χ3v) is 3.62. The van der Waals surface area contributed by atoms with Gasteiger partial charge in [0.15, 0.2) is 0 Å². The molecule has 2 rings (SSSR count). The number of carbonyl (C=O) groups excluding carboxylic acids is 1. The van der Waals surface area contributed by atoms with Crippen LogP contribution in [-0.4, -0.2) is 46.1 Å². The number of nitrogens with one attached hydrogen (secondary N) is 2. The molecule has 7 heteroatoms. The van der Waals surface area contributed by atoms with E-state index in [0.717, 1.165) is 0 Å². The number of rotatable bonds is 3. The number of nitrogens with zero attached hydrogens (tertiary/aromatic N) is 1. The quantitative estimate of drug-likeness (QED) is 0.816. The molecule has 1 amide bonds. The first kappa shape index (κ1) is 15.5. The third kappa shape index (κ3) is 3.81. The Morgan fingerprint density at radius 3 is 2.43 bits per heavy atom. The van der Waals surface area contributed by atoms with Crippen molar-refractivity contribution in [3.05, 3.63) is 32.1 Å². The Balaban J connectivity index is 2.01. The summed E-state index contributed by atoms with van der Waals surface area (Å²) in [7, 11) is 0. The maximum Gasteiger partial charge on any atom is 0.325 e. The Morgan fingerprint density at radius 1 is 1.24 bits per heavy atom. The molecular weight excluding hydrogens is 274 g/mol. The van der Waals surface area contributed by atoms with Crippen LogP contribution in [-0.2, 0) is 16.0 Å². The van der Waals surface area contributed by atoms with Gasteiger partial charge in [0.25, 0.3) is 5.56 Å². The van der Waals surface area contributed by atoms with Gasteiger partial charge in [0.05, 0.1) is 12.2 Å². The zero-order valence-corrected chi connectivity index (χ0v) is 12.6. The molecular formula is C14H21N3O4. The Labute approximate surface area is 122 Å². The van der Waals surface area contributed by atoms with Crippen LogP contribution in [0.3, 0.4) is 0 Å². The van der Waals surface area contributed by atoms with Crippen molar-refractivity contribution < 1.29 is 9.53 Å². The van der Waals surface area contributed by atoms with Gasteiger partial charge in [-0.15, -0.1) is 0 Å². The molecule has 0 saturated carbocycles. The Hall–Kier alpha value is -1.89. The number of carbonyl (C=O) groups is 1. The topological polar surface area (TPSA) is 95.3 Å². The second kappa shape index (κ2) is 6.26. The van der Waals surface area contributed by atoms with Gasteiger partial charge >= 0.3 is 5.69 Å². The van der Waals surface area contributed by atoms with E-state index in [-0.39, 0.29) is 24.5 Å². The highest BCUT2D eigenvalue weighted by atomic mass is 16.5. The fourth-order valence-electron chi connectivity index (χ4n) is 2.70. The van der Waals surface area contributed by atoms with Crippen molar-refractivity contribution in [2.24, 2.45) is 0 Å². The van der Waals surface area contributed by atoms with E-state index in [1.54, 1.807) is 11.8 Å². The molecule has 1 fully saturated rings. The highest BCUT2D eigenvalue weighted by molar-refractivity contribution is 5.76. The molecule has 21 heavy (non-hydrogen) atoms. The average Bonchev–Trinajstić information content (AvgIpc) is 2.35. The largest absolute Gasteiger partial charge is 0.372 e. The molecule has 0 spiro atoms. The molecule has 0 bridgehead atoms. The summed E-state index contributed by atoms with van der Waals surface area (Å²) in [6.45, 7) is 6.68. The lowest BCUT2D eigenvalue weighted by Gasteiger charge is -2.35. The standard InChI is InChI=1S/C14H21N3O4/c1-8-6-17(7-9(2)21-8)12(18)5-4-11-10(3)15-14(20)16-13(11)19/h8-9H,4-7H2,1-3H3,(H2,15,16,19,20)/t8-,9-/m0/s1. The minimum Gasteiger partial charge on any atom is -0.372 e. The molecule has 1 saturated heterocycles. The second-order valence-electron chi connectivity index (χ2n) is 5.57. The molecule has 0 radical (unpaired) electrons. The number of aromatic nitrogens is 2. The summed E-state index contributed by atoms with van der Waals surface area (Å²) in [5.74, 6) is 0.00185. The molecule has 0 unspecified atom stereocenters. The summed E-state index contributed by atoms with van der Waals surface area (Å²) in [5, 5.41) is 0. The second-order valence-corrected chi connectivity index (χ2v) is 5.57. The average molecular weight is 295 g/mol. The molecule has 116 valence electrons. The molecule has 1 aromatic rings. The molecule has 1 aromatic heterocycles. The van der Waals surface area contributed by atoms with E-state index in [4.69, 9.17) is 4.74 Å². The summed E-state index contributed by atoms with van der Waals surface area (Å²) in [6.07, 6.45) is 0.610. The fourth-order valence-corrected chi connectivity index (χ4v) is 2.70. The Bertz CT molecular complexity index is 624. The smallest absolute Gasteiger partial charge is 0.325 e. The minimum absolute atomic E-state index is 0.00185. The van der Waals surface area contributed by atoms with Crippen molar-refractivity contribution in [2.45, 2.75) is 45.8 Å². The predicted molar refractivity (Wildman–Crippen MR) is 77.3 cm³/mol. The van der Waals surface area contributed by atoms with Gasteiger partial charge in [-0.3, -0.25) is 14.6 Å². The summed E-state index contributed by atoms with van der Waals surface area (Å²) in [6, 6.07) is 0. The lowest BCUT2D eigenvalue weighted by molar-refractivity contribution is -0.143. The van der Waals surface area contributed by atoms with Crippen molar-refractivity contribution in [1.82, 2.24) is 14.9 Å². The van der Waals surface area contributed by atoms with Gasteiger partial charge in [-0.05, 0) is 27.2 Å². The van der Waals surface area contributed by atoms with Gasteiger partial charge < -0.3 is 14.6 Å². The summed E-state index contributed by atoms with van der Waals surface area (Å²) >= 11 is 0. The van der Waals surface area contributed by atoms with Crippen LogP contribution in [0.1, 0.15) is 31.5 Å². The van der Waals surface area contributed by atoms with Crippen molar-refractivity contribution in [3.63, 3.8) is 0 Å². The van der Waals surface area contributed by atoms with Gasteiger partial charge in [0, 0.05) is 30.8 Å². The first-order chi connectivity index (χ1) is 9.86. The van der Waals surface area contributed by atoms with Crippen LogP contribution in [0, 0.1) is 6.92 Å². The van der Waals surface area contributed by atoms with Gasteiger partial charge in [0.1, 0.15) is 0 Å². The molecule has 2 atom stereocenters. The molecule has 0 aromatic carbocycles. The van der Waals surface area contributed by atoms with Crippen LogP contribution < -0.4 is 11.2 Å². The number of aromatic amines is 2. The van der Waals surface area contributed by atoms with Gasteiger partial charge in [-0.25, -0.2) is 4.79 Å². The molecule has 1 aliphatic rings. The molecule has 0 aliphatic carbocycles. The van der Waals surface area contributed by atoms with E-state index < -0.39 is 11.2 Å². The van der Waals surface area contributed by atoms with Crippen LogP contribution in [0.2, 0.25) is 0 Å². The normalized spacial score (nSPS) is 22.3. The van der Waals surface area contributed by atoms with E-state index in [2.05, 4.69) is 9.97 Å². The lowest BCUT2D eigenvalue weighted by Crippen LogP contribution is -2.48. The van der Waals surface area contributed by atoms with Crippen molar-refractivity contribution in [2.75, 3.05) is 13.1 Å². The zero-order valence-electron chi connectivity index (χ0n) is 12.6. The monoisotopic (exact) mass is 295 g/mol. The SMILES string of the molecule is Cc1[nH]c(=O)[nH]c(=O)c1CCC(=O)N1C[C@H](C)O[C@@H](C)C1. The van der Waals surface area contributed by atoms with Crippen molar-refractivity contribution in [1.29, 1.82) is 0 Å². The lowest BCUT2D eigenvalue weighted by atomic mass is 10.1. The molecule has 7 nitrogen and oxygen atoms in total. The number of hydrogen-bond acceptors (Lipinski definition) is 4. The van der Waals surface area contributed by atoms with E-state index in [1.807, 2.05) is 13.8 Å². The van der Waals surface area contributed by atoms with E-state index in [9.17, 15) is 14.4 Å². The van der Waals surface area contributed by atoms with Gasteiger partial charge in [-0.1, -0.05) is 0 Å². The molecule has 2 heterocycles. The van der Waals surface area contributed by atoms with Crippen LogP contribution in [0.4, 0.5) is 0 Å². The first-order valence-electron chi connectivity index (χ1n) is 7.12. The highest BCUT2D eigenvalue weighted by Crippen LogP contribution is 2.12. The van der Waals surface area contributed by atoms with Gasteiger partial charge in [-0.2, -0.15) is 0 Å². The number of morpholine rings is 1. The van der Waals surface area contributed by atoms with Crippen molar-refractivity contribution in [3.8, 4) is 0 Å². The summed E-state index contributed by atoms with van der Waals surface area (Å²) < 4.78 is 5.59. The highest BCUT2D eigenvalue weighted by Gasteiger charge is 2.25. The molecule has 2 N–H and O–H groups in total. The maximum absolute atomic E-state index is 12.2. The fraction of sp³-hybridized carbons (Fsp3) is 0.643. The summed E-state index contributed by atoms with van der Waals surface area (Å²) in [5.41, 5.74) is 0.0220. The van der Waals surface area contributed by atoms with Crippen LogP contribution in [0.15, 0.2) is 9.59 Å². The minimum atomic E-state index is -0.525.